The van der Waals surface area contributed by atoms with Crippen molar-refractivity contribution in [3.8, 4) is 0 Å². The molecule has 0 amide bonds. The zero-order valence-electron chi connectivity index (χ0n) is 42.2. The minimum atomic E-state index is -5.39. The van der Waals surface area contributed by atoms with E-state index >= 15 is 0 Å². The Balaban J connectivity index is 2.62. The summed E-state index contributed by atoms with van der Waals surface area (Å²) in [6.45, 7) is 2.94. The molecule has 0 radical (unpaired) electrons. The molecule has 1 fully saturated rings. The fourth-order valence-corrected chi connectivity index (χ4v) is 8.77. The topological polar surface area (TPSA) is 276 Å². The van der Waals surface area contributed by atoms with Crippen molar-refractivity contribution < 1.29 is 82.0 Å². The van der Waals surface area contributed by atoms with E-state index in [4.69, 9.17) is 18.5 Å². The lowest BCUT2D eigenvalue weighted by Gasteiger charge is -2.43. The summed E-state index contributed by atoms with van der Waals surface area (Å²) in [5, 5.41) is 51.4. The van der Waals surface area contributed by atoms with Crippen molar-refractivity contribution in [1.29, 1.82) is 0 Å². The first kappa shape index (κ1) is 66.2. The van der Waals surface area contributed by atoms with Crippen molar-refractivity contribution in [3.63, 3.8) is 0 Å². The molecule has 408 valence electrons. The number of aliphatic hydroxyl groups excluding tert-OH is 5. The Morgan fingerprint density at radius 3 is 1.61 bits per heavy atom. The van der Waals surface area contributed by atoms with Gasteiger partial charge in [-0.15, -0.1) is 0 Å². The Morgan fingerprint density at radius 1 is 0.521 bits per heavy atom. The second kappa shape index (κ2) is 41.5. The highest BCUT2D eigenvalue weighted by Crippen LogP contribution is 2.49. The average molecular weight is 1050 g/mol. The van der Waals surface area contributed by atoms with E-state index < -0.39 is 89.6 Å². The molecular formula is C52H88O17P2. The van der Waals surface area contributed by atoms with Crippen LogP contribution in [0.15, 0.2) is 85.1 Å². The van der Waals surface area contributed by atoms with Crippen LogP contribution in [-0.4, -0.2) is 114 Å². The maximum Gasteiger partial charge on any atom is 0.472 e. The van der Waals surface area contributed by atoms with E-state index in [2.05, 4.69) is 60.9 Å². The summed E-state index contributed by atoms with van der Waals surface area (Å²) in [4.78, 5) is 54.4. The number of phosphoric acid groups is 2. The number of allylic oxidation sites excluding steroid dienone is 12. The van der Waals surface area contributed by atoms with Crippen LogP contribution in [0.4, 0.5) is 0 Å². The number of hydrogen-bond acceptors (Lipinski definition) is 14. The quantitative estimate of drug-likeness (QED) is 0.00929. The standard InChI is InChI=1S/C52H88O17P2/c1-3-5-7-9-11-12-13-14-15-16-17-18-19-20-21-22-23-27-31-35-39-45(54)65-41-44(42-66-71(63,64)69-52-49(58)47(56)48(57)51(50(52)59)68-70(60,61)62)67-46(55)40-36-32-28-25-24-26-30-34-38-43(53)37-33-29-10-8-6-4-2/h12-13,15-16,18-19,25-26,28-30,33-34,38,43-44,47-53,56-59H,3-11,14,17,20-24,27,31-32,35-37,39-42H2,1-2H3,(H,63,64)(H2,60,61,62)/b13-12-,16-15-,19-18-,28-25-,30-26-,33-29-,38-34+/t43-,44+,47?,48?,49?,50?,51+,52-/m0/s1. The second-order valence-electron chi connectivity index (χ2n) is 17.7. The average Bonchev–Trinajstić information content (AvgIpc) is 3.32. The van der Waals surface area contributed by atoms with Crippen molar-refractivity contribution >= 4 is 27.6 Å². The normalized spacial score (nSPS) is 22.0. The summed E-state index contributed by atoms with van der Waals surface area (Å²) in [5.41, 5.74) is 0. The van der Waals surface area contributed by atoms with E-state index in [1.54, 1.807) is 12.2 Å². The Hall–Kier alpha value is -2.86. The van der Waals surface area contributed by atoms with Gasteiger partial charge in [0.2, 0.25) is 0 Å². The summed E-state index contributed by atoms with van der Waals surface area (Å²) in [5.74, 6) is -1.33. The van der Waals surface area contributed by atoms with E-state index in [1.165, 1.54) is 38.5 Å². The zero-order valence-corrected chi connectivity index (χ0v) is 44.0. The van der Waals surface area contributed by atoms with E-state index in [0.717, 1.165) is 70.6 Å². The maximum atomic E-state index is 13.0. The minimum absolute atomic E-state index is 0.0712. The van der Waals surface area contributed by atoms with Crippen LogP contribution in [0, 0.1) is 0 Å². The molecule has 1 saturated carbocycles. The predicted molar refractivity (Wildman–Crippen MR) is 275 cm³/mol. The largest absolute Gasteiger partial charge is 0.472 e. The number of aliphatic hydroxyl groups is 5. The molecule has 1 rings (SSSR count). The molecule has 0 spiro atoms. The van der Waals surface area contributed by atoms with Gasteiger partial charge in [-0.1, -0.05) is 157 Å². The fraction of sp³-hybridized carbons (Fsp3) is 0.692. The monoisotopic (exact) mass is 1050 g/mol. The van der Waals surface area contributed by atoms with Crippen LogP contribution in [0.5, 0.6) is 0 Å². The Morgan fingerprint density at radius 2 is 1.00 bits per heavy atom. The number of phosphoric ester groups is 2. The summed E-state index contributed by atoms with van der Waals surface area (Å²) in [7, 11) is -10.7. The molecule has 5 unspecified atom stereocenters. The van der Waals surface area contributed by atoms with E-state index in [0.29, 0.717) is 32.1 Å². The van der Waals surface area contributed by atoms with Crippen LogP contribution in [-0.2, 0) is 41.8 Å². The van der Waals surface area contributed by atoms with Crippen LogP contribution >= 0.6 is 15.6 Å². The van der Waals surface area contributed by atoms with Gasteiger partial charge in [0.15, 0.2) is 6.10 Å². The highest BCUT2D eigenvalue weighted by atomic mass is 31.2. The van der Waals surface area contributed by atoms with Gasteiger partial charge in [0, 0.05) is 12.8 Å². The van der Waals surface area contributed by atoms with Gasteiger partial charge in [-0.2, -0.15) is 0 Å². The lowest BCUT2D eigenvalue weighted by atomic mass is 9.85. The van der Waals surface area contributed by atoms with Gasteiger partial charge in [0.1, 0.15) is 43.2 Å². The summed E-state index contributed by atoms with van der Waals surface area (Å²) < 4.78 is 49.4. The van der Waals surface area contributed by atoms with Crippen LogP contribution in [0.25, 0.3) is 0 Å². The first-order valence-corrected chi connectivity index (χ1v) is 28.8. The molecule has 1 aliphatic carbocycles. The van der Waals surface area contributed by atoms with Gasteiger partial charge in [0.05, 0.1) is 12.7 Å². The molecule has 0 bridgehead atoms. The lowest BCUT2D eigenvalue weighted by Crippen LogP contribution is -2.64. The molecule has 0 aromatic heterocycles. The van der Waals surface area contributed by atoms with E-state index in [1.807, 2.05) is 30.4 Å². The zero-order chi connectivity index (χ0) is 52.6. The van der Waals surface area contributed by atoms with Gasteiger partial charge >= 0.3 is 27.6 Å². The van der Waals surface area contributed by atoms with Crippen molar-refractivity contribution in [2.75, 3.05) is 13.2 Å². The van der Waals surface area contributed by atoms with Gasteiger partial charge in [0.25, 0.3) is 0 Å². The molecule has 9 atom stereocenters. The molecule has 8 N–H and O–H groups in total. The Kier molecular flexibility index (Phi) is 38.7. The third-order valence-electron chi connectivity index (χ3n) is 11.3. The summed E-state index contributed by atoms with van der Waals surface area (Å²) in [6, 6.07) is 0. The number of unbranched alkanes of at least 4 members (excludes halogenated alkanes) is 14. The molecule has 19 heteroatoms. The number of hydrogen-bond donors (Lipinski definition) is 8. The number of esters is 2. The SMILES string of the molecule is CCCCC/C=C\C[C@H](O)/C=C/C=C\C/C=C\CCCC(=O)O[C@H](COC(=O)CCCCCCCC/C=C\C/C=C\C/C=C\CCCCCC)COP(=O)(O)O[C@H]1C(O)C(O)C(O)[C@@H](OP(=O)(O)O)C1O. The number of carbonyl (C=O) groups excluding carboxylic acids is 2. The van der Waals surface area contributed by atoms with E-state index in [9.17, 15) is 58.9 Å². The summed E-state index contributed by atoms with van der Waals surface area (Å²) >= 11 is 0. The summed E-state index contributed by atoms with van der Waals surface area (Å²) in [6.07, 6.45) is 34.1. The third-order valence-corrected chi connectivity index (χ3v) is 12.8. The number of carbonyl (C=O) groups is 2. The third kappa shape index (κ3) is 35.9. The Labute approximate surface area is 423 Å². The van der Waals surface area contributed by atoms with Crippen molar-refractivity contribution in [1.82, 2.24) is 0 Å². The fourth-order valence-electron chi connectivity index (χ4n) is 7.23. The smallest absolute Gasteiger partial charge is 0.462 e. The molecule has 0 aliphatic heterocycles. The van der Waals surface area contributed by atoms with E-state index in [-0.39, 0.29) is 12.8 Å². The van der Waals surface area contributed by atoms with Gasteiger partial charge in [-0.3, -0.25) is 23.2 Å². The minimum Gasteiger partial charge on any atom is -0.462 e. The lowest BCUT2D eigenvalue weighted by molar-refractivity contribution is -0.216. The maximum absolute atomic E-state index is 13.0. The molecule has 17 nitrogen and oxygen atoms in total. The molecule has 71 heavy (non-hydrogen) atoms. The van der Waals surface area contributed by atoms with Crippen molar-refractivity contribution in [2.24, 2.45) is 0 Å². The predicted octanol–water partition coefficient (Wildman–Crippen LogP) is 9.54. The van der Waals surface area contributed by atoms with Gasteiger partial charge in [-0.25, -0.2) is 9.13 Å². The Bertz CT molecular complexity index is 1710. The molecule has 0 saturated heterocycles. The van der Waals surface area contributed by atoms with Crippen molar-refractivity contribution in [2.45, 2.75) is 217 Å². The molecule has 0 aromatic carbocycles. The number of ether oxygens (including phenoxy) is 2. The first-order chi connectivity index (χ1) is 34.0. The second-order valence-corrected chi connectivity index (χ2v) is 20.3. The molecule has 0 heterocycles. The highest BCUT2D eigenvalue weighted by molar-refractivity contribution is 7.47. The number of rotatable bonds is 42. The van der Waals surface area contributed by atoms with Crippen LogP contribution < -0.4 is 0 Å². The van der Waals surface area contributed by atoms with Crippen LogP contribution in [0.1, 0.15) is 168 Å². The van der Waals surface area contributed by atoms with Gasteiger partial charge in [-0.05, 0) is 83.5 Å². The van der Waals surface area contributed by atoms with Crippen LogP contribution in [0.3, 0.4) is 0 Å². The molecule has 0 aromatic rings. The first-order valence-electron chi connectivity index (χ1n) is 25.7. The van der Waals surface area contributed by atoms with Crippen molar-refractivity contribution in [3.05, 3.63) is 85.1 Å². The van der Waals surface area contributed by atoms with Crippen LogP contribution in [0.2, 0.25) is 0 Å². The highest BCUT2D eigenvalue weighted by Gasteiger charge is 2.54. The molecular weight excluding hydrogens is 959 g/mol. The van der Waals surface area contributed by atoms with Gasteiger partial charge < -0.3 is 49.7 Å². The molecule has 1 aliphatic rings.